The largest absolute Gasteiger partial charge is 0.355 e. The Morgan fingerprint density at radius 1 is 1.42 bits per heavy atom. The van der Waals surface area contributed by atoms with Crippen LogP contribution in [0.1, 0.15) is 13.3 Å². The Kier molecular flexibility index (Phi) is 7.54. The molecule has 0 rings (SSSR count). The molecule has 0 unspecified atom stereocenters. The molecule has 0 aromatic rings. The highest BCUT2D eigenvalue weighted by atomic mass is 32.2. The van der Waals surface area contributed by atoms with Crippen LogP contribution in [0.15, 0.2) is 0 Å². The number of thioether (sulfide) groups is 1. The van der Waals surface area contributed by atoms with Gasteiger partial charge in [-0.3, -0.25) is 4.79 Å². The molecule has 0 aliphatic rings. The fraction of sp³-hybridized carbons (Fsp3) is 0.875. The van der Waals surface area contributed by atoms with Gasteiger partial charge in [-0.2, -0.15) is 11.8 Å². The summed E-state index contributed by atoms with van der Waals surface area (Å²) in [4.78, 5) is 10.6. The lowest BCUT2D eigenvalue weighted by Crippen LogP contribution is -2.16. The zero-order valence-electron chi connectivity index (χ0n) is 7.83. The minimum atomic E-state index is -0.151. The van der Waals surface area contributed by atoms with E-state index in [-0.39, 0.29) is 12.1 Å². The minimum absolute atomic E-state index is 0.151. The molecule has 0 saturated heterocycles. The molecule has 0 aliphatic carbocycles. The van der Waals surface area contributed by atoms with Gasteiger partial charge >= 0.3 is 0 Å². The molecule has 12 heavy (non-hydrogen) atoms. The average Bonchev–Trinajstić information content (AvgIpc) is 2.04. The SMILES string of the molecule is COC(CSCCC(C)=O)OC. The van der Waals surface area contributed by atoms with E-state index in [9.17, 15) is 4.79 Å². The van der Waals surface area contributed by atoms with Crippen LogP contribution >= 0.6 is 11.8 Å². The van der Waals surface area contributed by atoms with Crippen molar-refractivity contribution >= 4 is 17.5 Å². The second kappa shape index (κ2) is 7.58. The van der Waals surface area contributed by atoms with E-state index >= 15 is 0 Å². The van der Waals surface area contributed by atoms with Gasteiger partial charge < -0.3 is 9.47 Å². The quantitative estimate of drug-likeness (QED) is 0.450. The second-order valence-corrected chi connectivity index (χ2v) is 3.58. The zero-order valence-corrected chi connectivity index (χ0v) is 8.65. The number of rotatable bonds is 7. The standard InChI is InChI=1S/C8H16O3S/c1-7(9)4-5-12-6-8(10-2)11-3/h8H,4-6H2,1-3H3. The Labute approximate surface area is 77.8 Å². The first-order valence-electron chi connectivity index (χ1n) is 3.83. The molecule has 0 aromatic carbocycles. The number of ether oxygens (including phenoxy) is 2. The van der Waals surface area contributed by atoms with Crippen molar-refractivity contribution in [3.63, 3.8) is 0 Å². The Morgan fingerprint density at radius 2 is 2.00 bits per heavy atom. The van der Waals surface area contributed by atoms with E-state index in [0.717, 1.165) is 11.5 Å². The van der Waals surface area contributed by atoms with Crippen LogP contribution in [-0.2, 0) is 14.3 Å². The van der Waals surface area contributed by atoms with Crippen molar-refractivity contribution in [1.29, 1.82) is 0 Å². The average molecular weight is 192 g/mol. The molecule has 0 aromatic heterocycles. The van der Waals surface area contributed by atoms with Crippen molar-refractivity contribution in [3.05, 3.63) is 0 Å². The van der Waals surface area contributed by atoms with Crippen LogP contribution in [0.25, 0.3) is 0 Å². The van der Waals surface area contributed by atoms with Gasteiger partial charge in [-0.15, -0.1) is 0 Å². The molecule has 0 aliphatic heterocycles. The third-order valence-corrected chi connectivity index (χ3v) is 2.38. The normalized spacial score (nSPS) is 10.7. The predicted octanol–water partition coefficient (Wildman–Crippen LogP) is 1.32. The van der Waals surface area contributed by atoms with Crippen molar-refractivity contribution in [2.75, 3.05) is 25.7 Å². The van der Waals surface area contributed by atoms with Crippen molar-refractivity contribution in [1.82, 2.24) is 0 Å². The van der Waals surface area contributed by atoms with E-state index in [1.807, 2.05) is 0 Å². The van der Waals surface area contributed by atoms with Gasteiger partial charge in [-0.1, -0.05) is 0 Å². The number of carbonyl (C=O) groups is 1. The molecule has 0 amide bonds. The van der Waals surface area contributed by atoms with Crippen molar-refractivity contribution in [3.8, 4) is 0 Å². The highest BCUT2D eigenvalue weighted by Crippen LogP contribution is 2.07. The Hall–Kier alpha value is -0.0600. The molecule has 0 N–H and O–H groups in total. The molecule has 72 valence electrons. The third-order valence-electron chi connectivity index (χ3n) is 1.38. The molecule has 0 atom stereocenters. The van der Waals surface area contributed by atoms with E-state index in [4.69, 9.17) is 9.47 Å². The third kappa shape index (κ3) is 6.64. The number of methoxy groups -OCH3 is 2. The van der Waals surface area contributed by atoms with Gasteiger partial charge in [0.15, 0.2) is 6.29 Å². The lowest BCUT2D eigenvalue weighted by atomic mass is 10.4. The molecule has 0 saturated carbocycles. The lowest BCUT2D eigenvalue weighted by Gasteiger charge is -2.11. The zero-order chi connectivity index (χ0) is 9.40. The fourth-order valence-corrected chi connectivity index (χ4v) is 1.69. The summed E-state index contributed by atoms with van der Waals surface area (Å²) >= 11 is 1.67. The number of ketones is 1. The topological polar surface area (TPSA) is 35.5 Å². The highest BCUT2D eigenvalue weighted by molar-refractivity contribution is 7.99. The summed E-state index contributed by atoms with van der Waals surface area (Å²) in [5.41, 5.74) is 0. The van der Waals surface area contributed by atoms with Gasteiger partial charge in [0.05, 0.1) is 0 Å². The van der Waals surface area contributed by atoms with Crippen LogP contribution in [0.3, 0.4) is 0 Å². The van der Waals surface area contributed by atoms with Gasteiger partial charge in [0.25, 0.3) is 0 Å². The van der Waals surface area contributed by atoms with Crippen LogP contribution in [0, 0.1) is 0 Å². The van der Waals surface area contributed by atoms with Crippen molar-refractivity contribution in [2.24, 2.45) is 0 Å². The van der Waals surface area contributed by atoms with Crippen molar-refractivity contribution in [2.45, 2.75) is 19.6 Å². The van der Waals surface area contributed by atoms with E-state index in [0.29, 0.717) is 6.42 Å². The summed E-state index contributed by atoms with van der Waals surface area (Å²) in [6, 6.07) is 0. The molecular formula is C8H16O3S. The molecule has 0 fully saturated rings. The number of Topliss-reactive ketones (excluding diaryl/α,β-unsaturated/α-hetero) is 1. The second-order valence-electron chi connectivity index (χ2n) is 2.43. The molecule has 0 radical (unpaired) electrons. The lowest BCUT2D eigenvalue weighted by molar-refractivity contribution is -0.116. The molecule has 0 spiro atoms. The minimum Gasteiger partial charge on any atom is -0.355 e. The van der Waals surface area contributed by atoms with Crippen LogP contribution in [-0.4, -0.2) is 37.8 Å². The Bertz CT molecular complexity index is 123. The molecule has 3 nitrogen and oxygen atoms in total. The fourth-order valence-electron chi connectivity index (χ4n) is 0.628. The van der Waals surface area contributed by atoms with Gasteiger partial charge in [0, 0.05) is 32.1 Å². The van der Waals surface area contributed by atoms with Crippen LogP contribution in [0.4, 0.5) is 0 Å². The maximum absolute atomic E-state index is 10.6. The summed E-state index contributed by atoms with van der Waals surface area (Å²) in [6.07, 6.45) is 0.479. The van der Waals surface area contributed by atoms with Crippen molar-refractivity contribution < 1.29 is 14.3 Å². The monoisotopic (exact) mass is 192 g/mol. The van der Waals surface area contributed by atoms with Gasteiger partial charge in [0.2, 0.25) is 0 Å². The van der Waals surface area contributed by atoms with Gasteiger partial charge in [0.1, 0.15) is 5.78 Å². The summed E-state index contributed by atoms with van der Waals surface area (Å²) in [5.74, 6) is 1.85. The molecule has 4 heteroatoms. The van der Waals surface area contributed by atoms with E-state index in [2.05, 4.69) is 0 Å². The smallest absolute Gasteiger partial charge is 0.165 e. The van der Waals surface area contributed by atoms with Gasteiger partial charge in [-0.25, -0.2) is 0 Å². The van der Waals surface area contributed by atoms with E-state index in [1.165, 1.54) is 0 Å². The Morgan fingerprint density at radius 3 is 2.42 bits per heavy atom. The van der Waals surface area contributed by atoms with Crippen LogP contribution < -0.4 is 0 Å². The van der Waals surface area contributed by atoms with E-state index in [1.54, 1.807) is 32.9 Å². The summed E-state index contributed by atoms with van der Waals surface area (Å²) in [6.45, 7) is 1.60. The van der Waals surface area contributed by atoms with Crippen LogP contribution in [0.5, 0.6) is 0 Å². The maximum atomic E-state index is 10.6. The molecular weight excluding hydrogens is 176 g/mol. The first-order valence-corrected chi connectivity index (χ1v) is 4.99. The first-order chi connectivity index (χ1) is 5.70. The molecule has 0 heterocycles. The molecule has 0 bridgehead atoms. The Balaban J connectivity index is 3.23. The number of carbonyl (C=O) groups excluding carboxylic acids is 1. The maximum Gasteiger partial charge on any atom is 0.165 e. The summed E-state index contributed by atoms with van der Waals surface area (Å²) in [5, 5.41) is 0. The predicted molar refractivity (Wildman–Crippen MR) is 50.4 cm³/mol. The van der Waals surface area contributed by atoms with Crippen LogP contribution in [0.2, 0.25) is 0 Å². The number of hydrogen-bond donors (Lipinski definition) is 0. The number of hydrogen-bond acceptors (Lipinski definition) is 4. The highest BCUT2D eigenvalue weighted by Gasteiger charge is 2.04. The van der Waals surface area contributed by atoms with Gasteiger partial charge in [-0.05, 0) is 6.92 Å². The summed E-state index contributed by atoms with van der Waals surface area (Å²) in [7, 11) is 3.22. The first kappa shape index (κ1) is 11.9. The van der Waals surface area contributed by atoms with E-state index < -0.39 is 0 Å². The summed E-state index contributed by atoms with van der Waals surface area (Å²) < 4.78 is 9.96.